The largest absolute Gasteiger partial charge is 0.327 e. The molecule has 0 aromatic carbocycles. The topological polar surface area (TPSA) is 29.3 Å². The minimum Gasteiger partial charge on any atom is -0.327 e. The van der Waals surface area contributed by atoms with Crippen molar-refractivity contribution in [2.75, 3.05) is 13.1 Å². The number of rotatable bonds is 2. The number of hydrogen-bond donors (Lipinski definition) is 1. The highest BCUT2D eigenvalue weighted by Crippen LogP contribution is 2.34. The Hall–Kier alpha value is -0.0800. The van der Waals surface area contributed by atoms with Gasteiger partial charge < -0.3 is 5.73 Å². The van der Waals surface area contributed by atoms with E-state index >= 15 is 0 Å². The molecule has 1 atom stereocenters. The molecule has 3 fully saturated rings. The van der Waals surface area contributed by atoms with E-state index in [1.165, 1.54) is 32.2 Å². The normalized spacial score (nSPS) is 38.5. The maximum atomic E-state index is 5.81. The molecule has 3 rings (SSSR count). The fourth-order valence-corrected chi connectivity index (χ4v) is 2.77. The SMILES string of the molecule is CC(N)CN1CC2CCC1CC2. The van der Waals surface area contributed by atoms with E-state index in [1.54, 1.807) is 0 Å². The van der Waals surface area contributed by atoms with Gasteiger partial charge in [0.1, 0.15) is 0 Å². The predicted molar refractivity (Wildman–Crippen MR) is 51.0 cm³/mol. The Morgan fingerprint density at radius 3 is 2.42 bits per heavy atom. The van der Waals surface area contributed by atoms with E-state index in [-0.39, 0.29) is 0 Å². The Bertz CT molecular complexity index is 146. The first kappa shape index (κ1) is 8.52. The summed E-state index contributed by atoms with van der Waals surface area (Å²) < 4.78 is 0. The van der Waals surface area contributed by atoms with Crippen molar-refractivity contribution in [1.29, 1.82) is 0 Å². The van der Waals surface area contributed by atoms with E-state index in [0.717, 1.165) is 18.5 Å². The number of nitrogens with two attached hydrogens (primary N) is 1. The predicted octanol–water partition coefficient (Wildman–Crippen LogP) is 1.21. The second-order valence-corrected chi connectivity index (χ2v) is 4.61. The minimum absolute atomic E-state index is 0.351. The number of piperidine rings is 2. The first-order chi connectivity index (χ1) is 5.75. The van der Waals surface area contributed by atoms with Crippen LogP contribution in [0.25, 0.3) is 0 Å². The molecule has 1 saturated carbocycles. The highest BCUT2D eigenvalue weighted by atomic mass is 15.2. The molecule has 0 aromatic rings. The van der Waals surface area contributed by atoms with E-state index in [9.17, 15) is 0 Å². The average molecular weight is 168 g/mol. The molecule has 3 aliphatic rings. The average Bonchev–Trinajstić information content (AvgIpc) is 2.05. The van der Waals surface area contributed by atoms with Gasteiger partial charge in [-0.1, -0.05) is 0 Å². The van der Waals surface area contributed by atoms with Gasteiger partial charge in [-0.15, -0.1) is 0 Å². The van der Waals surface area contributed by atoms with Crippen LogP contribution >= 0.6 is 0 Å². The monoisotopic (exact) mass is 168 g/mol. The maximum absolute atomic E-state index is 5.81. The molecule has 1 unspecified atom stereocenters. The standard InChI is InChI=1S/C10H20N2/c1-8(11)6-12-7-9-2-4-10(12)5-3-9/h8-10H,2-7,11H2,1H3. The third kappa shape index (κ3) is 1.64. The van der Waals surface area contributed by atoms with Crippen molar-refractivity contribution >= 4 is 0 Å². The van der Waals surface area contributed by atoms with Gasteiger partial charge in [-0.25, -0.2) is 0 Å². The van der Waals surface area contributed by atoms with Crippen LogP contribution in [0, 0.1) is 5.92 Å². The maximum Gasteiger partial charge on any atom is 0.0139 e. The second-order valence-electron chi connectivity index (χ2n) is 4.61. The third-order valence-corrected chi connectivity index (χ3v) is 3.35. The van der Waals surface area contributed by atoms with Crippen LogP contribution in [0.2, 0.25) is 0 Å². The van der Waals surface area contributed by atoms with Gasteiger partial charge in [0.05, 0.1) is 0 Å². The number of hydrogen-bond acceptors (Lipinski definition) is 2. The van der Waals surface area contributed by atoms with Crippen molar-refractivity contribution in [3.63, 3.8) is 0 Å². The molecular formula is C10H20N2. The Kier molecular flexibility index (Phi) is 2.37. The fourth-order valence-electron chi connectivity index (χ4n) is 2.77. The molecule has 2 heteroatoms. The molecule has 0 spiro atoms. The van der Waals surface area contributed by atoms with Crippen molar-refractivity contribution in [2.24, 2.45) is 11.7 Å². The summed E-state index contributed by atoms with van der Waals surface area (Å²) in [6, 6.07) is 1.23. The summed E-state index contributed by atoms with van der Waals surface area (Å²) in [5, 5.41) is 0. The van der Waals surface area contributed by atoms with Gasteiger partial charge in [0, 0.05) is 25.2 Å². The van der Waals surface area contributed by atoms with Crippen LogP contribution in [-0.2, 0) is 0 Å². The third-order valence-electron chi connectivity index (χ3n) is 3.35. The molecule has 2 N–H and O–H groups in total. The molecule has 2 saturated heterocycles. The summed E-state index contributed by atoms with van der Waals surface area (Å²) in [7, 11) is 0. The highest BCUT2D eigenvalue weighted by Gasteiger charge is 2.33. The molecule has 0 radical (unpaired) electrons. The molecule has 1 aliphatic carbocycles. The number of fused-ring (bicyclic) bond motifs is 3. The van der Waals surface area contributed by atoms with Crippen LogP contribution in [0.1, 0.15) is 32.6 Å². The lowest BCUT2D eigenvalue weighted by atomic mass is 9.80. The zero-order valence-electron chi connectivity index (χ0n) is 8.00. The molecule has 2 nitrogen and oxygen atoms in total. The van der Waals surface area contributed by atoms with Crippen LogP contribution in [0.4, 0.5) is 0 Å². The van der Waals surface area contributed by atoms with E-state index in [4.69, 9.17) is 5.73 Å². The minimum atomic E-state index is 0.351. The van der Waals surface area contributed by atoms with Crippen molar-refractivity contribution in [1.82, 2.24) is 4.90 Å². The quantitative estimate of drug-likeness (QED) is 0.671. The van der Waals surface area contributed by atoms with Crippen LogP contribution in [0.3, 0.4) is 0 Å². The molecule has 0 aromatic heterocycles. The Morgan fingerprint density at radius 1 is 1.33 bits per heavy atom. The van der Waals surface area contributed by atoms with Gasteiger partial charge in [0.2, 0.25) is 0 Å². The van der Waals surface area contributed by atoms with Crippen molar-refractivity contribution < 1.29 is 0 Å². The van der Waals surface area contributed by atoms with E-state index < -0.39 is 0 Å². The van der Waals surface area contributed by atoms with E-state index in [1.807, 2.05) is 0 Å². The smallest absolute Gasteiger partial charge is 0.0139 e. The van der Waals surface area contributed by atoms with Crippen molar-refractivity contribution in [2.45, 2.75) is 44.7 Å². The van der Waals surface area contributed by atoms with Gasteiger partial charge in [-0.3, -0.25) is 4.90 Å². The molecule has 2 aliphatic heterocycles. The first-order valence-electron chi connectivity index (χ1n) is 5.25. The molecule has 70 valence electrons. The summed E-state index contributed by atoms with van der Waals surface area (Å²) in [5.74, 6) is 0.994. The van der Waals surface area contributed by atoms with Crippen LogP contribution in [0.15, 0.2) is 0 Å². The van der Waals surface area contributed by atoms with E-state index in [0.29, 0.717) is 6.04 Å². The summed E-state index contributed by atoms with van der Waals surface area (Å²) >= 11 is 0. The molecule has 2 bridgehead atoms. The fraction of sp³-hybridized carbons (Fsp3) is 1.00. The Labute approximate surface area is 75.1 Å². The Morgan fingerprint density at radius 2 is 2.00 bits per heavy atom. The lowest BCUT2D eigenvalue weighted by Gasteiger charge is -2.46. The second kappa shape index (κ2) is 3.35. The van der Waals surface area contributed by atoms with Crippen LogP contribution < -0.4 is 5.73 Å². The first-order valence-corrected chi connectivity index (χ1v) is 5.25. The van der Waals surface area contributed by atoms with Crippen molar-refractivity contribution in [3.8, 4) is 0 Å². The van der Waals surface area contributed by atoms with Gasteiger partial charge in [-0.05, 0) is 38.5 Å². The Balaban J connectivity index is 1.91. The van der Waals surface area contributed by atoms with Crippen LogP contribution in [0.5, 0.6) is 0 Å². The van der Waals surface area contributed by atoms with Crippen molar-refractivity contribution in [3.05, 3.63) is 0 Å². The van der Waals surface area contributed by atoms with Gasteiger partial charge in [-0.2, -0.15) is 0 Å². The zero-order chi connectivity index (χ0) is 8.55. The van der Waals surface area contributed by atoms with Gasteiger partial charge in [0.25, 0.3) is 0 Å². The van der Waals surface area contributed by atoms with Gasteiger partial charge >= 0.3 is 0 Å². The lowest BCUT2D eigenvalue weighted by molar-refractivity contribution is 0.0457. The number of nitrogens with zero attached hydrogens (tertiary/aromatic N) is 1. The lowest BCUT2D eigenvalue weighted by Crippen LogP contribution is -2.51. The highest BCUT2D eigenvalue weighted by molar-refractivity contribution is 4.88. The molecular weight excluding hydrogens is 148 g/mol. The molecule has 2 heterocycles. The van der Waals surface area contributed by atoms with E-state index in [2.05, 4.69) is 11.8 Å². The van der Waals surface area contributed by atoms with Gasteiger partial charge in [0.15, 0.2) is 0 Å². The zero-order valence-corrected chi connectivity index (χ0v) is 8.00. The summed E-state index contributed by atoms with van der Waals surface area (Å²) in [6.07, 6.45) is 5.80. The summed E-state index contributed by atoms with van der Waals surface area (Å²) in [6.45, 7) is 4.55. The summed E-state index contributed by atoms with van der Waals surface area (Å²) in [4.78, 5) is 2.61. The summed E-state index contributed by atoms with van der Waals surface area (Å²) in [5.41, 5.74) is 5.81. The molecule has 0 amide bonds. The van der Waals surface area contributed by atoms with Crippen LogP contribution in [-0.4, -0.2) is 30.1 Å². The molecule has 12 heavy (non-hydrogen) atoms.